The molecule has 1 heterocycles. The Morgan fingerprint density at radius 1 is 1.54 bits per heavy atom. The van der Waals surface area contributed by atoms with Crippen LogP contribution in [0, 0.1) is 0 Å². The Morgan fingerprint density at radius 3 is 3.08 bits per heavy atom. The van der Waals surface area contributed by atoms with Gasteiger partial charge in [-0.1, -0.05) is 12.1 Å². The maximum absolute atomic E-state index is 5.59. The summed E-state index contributed by atoms with van der Waals surface area (Å²) < 4.78 is 9.48. The van der Waals surface area contributed by atoms with E-state index in [1.165, 1.54) is 11.5 Å². The zero-order chi connectivity index (χ0) is 9.26. The van der Waals surface area contributed by atoms with Gasteiger partial charge in [0.15, 0.2) is 0 Å². The number of rotatable bonds is 2. The summed E-state index contributed by atoms with van der Waals surface area (Å²) >= 11 is 1.36. The van der Waals surface area contributed by atoms with E-state index in [-0.39, 0.29) is 0 Å². The molecule has 2 rings (SSSR count). The van der Waals surface area contributed by atoms with Crippen molar-refractivity contribution < 1.29 is 4.74 Å². The number of ether oxygens (including phenoxy) is 1. The molecule has 0 aliphatic carbocycles. The zero-order valence-corrected chi connectivity index (χ0v) is 8.10. The summed E-state index contributed by atoms with van der Waals surface area (Å²) in [6.07, 6.45) is 0. The molecule has 0 radical (unpaired) electrons. The summed E-state index contributed by atoms with van der Waals surface area (Å²) in [6, 6.07) is 5.96. The van der Waals surface area contributed by atoms with Gasteiger partial charge in [0.1, 0.15) is 0 Å². The Bertz CT molecular complexity index is 424. The summed E-state index contributed by atoms with van der Waals surface area (Å²) in [5, 5.41) is 1.90. The normalized spacial score (nSPS) is 10.6. The van der Waals surface area contributed by atoms with E-state index in [0.29, 0.717) is 6.54 Å². The Labute approximate surface area is 80.3 Å². The van der Waals surface area contributed by atoms with Crippen molar-refractivity contribution in [3.05, 3.63) is 23.8 Å². The van der Waals surface area contributed by atoms with Gasteiger partial charge in [0, 0.05) is 18.1 Å². The maximum atomic E-state index is 5.59. The van der Waals surface area contributed by atoms with Crippen LogP contribution in [-0.2, 0) is 6.54 Å². The SMILES string of the molecule is COc1snc2c(CN)cccc12. The van der Waals surface area contributed by atoms with E-state index in [4.69, 9.17) is 10.5 Å². The highest BCUT2D eigenvalue weighted by molar-refractivity contribution is 7.09. The third kappa shape index (κ3) is 1.28. The number of fused-ring (bicyclic) bond motifs is 1. The number of aromatic nitrogens is 1. The minimum absolute atomic E-state index is 0.518. The molecule has 1 aromatic carbocycles. The highest BCUT2D eigenvalue weighted by Gasteiger charge is 2.07. The zero-order valence-electron chi connectivity index (χ0n) is 7.28. The van der Waals surface area contributed by atoms with Crippen molar-refractivity contribution in [3.63, 3.8) is 0 Å². The molecule has 0 atom stereocenters. The molecule has 13 heavy (non-hydrogen) atoms. The molecule has 0 saturated heterocycles. The summed E-state index contributed by atoms with van der Waals surface area (Å²) in [6.45, 7) is 0.518. The molecule has 2 N–H and O–H groups in total. The van der Waals surface area contributed by atoms with Crippen molar-refractivity contribution in [1.29, 1.82) is 0 Å². The molecule has 0 bridgehead atoms. The lowest BCUT2D eigenvalue weighted by molar-refractivity contribution is 0.431. The molecular formula is C9H10N2OS. The van der Waals surface area contributed by atoms with E-state index in [0.717, 1.165) is 21.5 Å². The highest BCUT2D eigenvalue weighted by atomic mass is 32.1. The van der Waals surface area contributed by atoms with E-state index < -0.39 is 0 Å². The number of benzene rings is 1. The second-order valence-electron chi connectivity index (χ2n) is 2.69. The van der Waals surface area contributed by atoms with Crippen LogP contribution in [0.1, 0.15) is 5.56 Å². The van der Waals surface area contributed by atoms with Crippen LogP contribution in [0.3, 0.4) is 0 Å². The minimum Gasteiger partial charge on any atom is -0.486 e. The first-order chi connectivity index (χ1) is 6.36. The van der Waals surface area contributed by atoms with E-state index in [1.54, 1.807) is 7.11 Å². The third-order valence-corrected chi connectivity index (χ3v) is 2.79. The van der Waals surface area contributed by atoms with E-state index in [9.17, 15) is 0 Å². The third-order valence-electron chi connectivity index (χ3n) is 1.96. The van der Waals surface area contributed by atoms with Crippen molar-refractivity contribution in [2.75, 3.05) is 7.11 Å². The van der Waals surface area contributed by atoms with Gasteiger partial charge in [0.2, 0.25) is 5.06 Å². The van der Waals surface area contributed by atoms with Gasteiger partial charge < -0.3 is 10.5 Å². The lowest BCUT2D eigenvalue weighted by Crippen LogP contribution is -1.96. The van der Waals surface area contributed by atoms with Gasteiger partial charge in [-0.3, -0.25) is 0 Å². The second kappa shape index (κ2) is 3.32. The predicted molar refractivity (Wildman–Crippen MR) is 54.1 cm³/mol. The van der Waals surface area contributed by atoms with Crippen molar-refractivity contribution in [3.8, 4) is 5.06 Å². The average Bonchev–Trinajstić information content (AvgIpc) is 2.60. The fourth-order valence-electron chi connectivity index (χ4n) is 1.31. The largest absolute Gasteiger partial charge is 0.486 e. The van der Waals surface area contributed by atoms with Crippen molar-refractivity contribution in [1.82, 2.24) is 4.37 Å². The van der Waals surface area contributed by atoms with Crippen molar-refractivity contribution >= 4 is 22.4 Å². The van der Waals surface area contributed by atoms with Gasteiger partial charge in [0.05, 0.1) is 18.0 Å². The maximum Gasteiger partial charge on any atom is 0.201 e. The van der Waals surface area contributed by atoms with Gasteiger partial charge in [-0.25, -0.2) is 0 Å². The molecule has 0 fully saturated rings. The molecule has 0 aliphatic heterocycles. The Hall–Kier alpha value is -1.13. The first kappa shape index (κ1) is 8.47. The lowest BCUT2D eigenvalue weighted by atomic mass is 10.1. The number of hydrogen-bond acceptors (Lipinski definition) is 4. The highest BCUT2D eigenvalue weighted by Crippen LogP contribution is 2.31. The Kier molecular flexibility index (Phi) is 2.16. The summed E-state index contributed by atoms with van der Waals surface area (Å²) in [7, 11) is 1.65. The van der Waals surface area contributed by atoms with Gasteiger partial charge >= 0.3 is 0 Å². The summed E-state index contributed by atoms with van der Waals surface area (Å²) in [5.74, 6) is 0. The topological polar surface area (TPSA) is 48.1 Å². The molecule has 3 nitrogen and oxygen atoms in total. The van der Waals surface area contributed by atoms with Crippen LogP contribution in [-0.4, -0.2) is 11.5 Å². The average molecular weight is 194 g/mol. The molecule has 0 spiro atoms. The lowest BCUT2D eigenvalue weighted by Gasteiger charge is -1.97. The van der Waals surface area contributed by atoms with Gasteiger partial charge in [-0.2, -0.15) is 4.37 Å². The van der Waals surface area contributed by atoms with Crippen LogP contribution in [0.15, 0.2) is 18.2 Å². The van der Waals surface area contributed by atoms with Crippen LogP contribution in [0.25, 0.3) is 10.9 Å². The predicted octanol–water partition coefficient (Wildman–Crippen LogP) is 1.76. The van der Waals surface area contributed by atoms with Crippen molar-refractivity contribution in [2.45, 2.75) is 6.54 Å². The van der Waals surface area contributed by atoms with Gasteiger partial charge in [-0.05, 0) is 11.6 Å². The van der Waals surface area contributed by atoms with E-state index in [2.05, 4.69) is 4.37 Å². The second-order valence-corrected chi connectivity index (χ2v) is 3.43. The molecule has 68 valence electrons. The standard InChI is InChI=1S/C9H10N2OS/c1-12-9-7-4-2-3-6(5-10)8(7)11-13-9/h2-4H,5,10H2,1H3. The fraction of sp³-hybridized carbons (Fsp3) is 0.222. The molecule has 0 unspecified atom stereocenters. The first-order valence-electron chi connectivity index (χ1n) is 3.98. The molecule has 2 aromatic rings. The van der Waals surface area contributed by atoms with Crippen LogP contribution in [0.2, 0.25) is 0 Å². The number of hydrogen-bond donors (Lipinski definition) is 1. The van der Waals surface area contributed by atoms with Gasteiger partial charge in [-0.15, -0.1) is 0 Å². The number of nitrogens with zero attached hydrogens (tertiary/aromatic N) is 1. The Morgan fingerprint density at radius 2 is 2.38 bits per heavy atom. The number of nitrogens with two attached hydrogens (primary N) is 1. The van der Waals surface area contributed by atoms with Crippen LogP contribution in [0.5, 0.6) is 5.06 Å². The van der Waals surface area contributed by atoms with Crippen LogP contribution < -0.4 is 10.5 Å². The Balaban J connectivity index is 2.72. The first-order valence-corrected chi connectivity index (χ1v) is 4.75. The molecule has 0 saturated carbocycles. The molecule has 0 aliphatic rings. The summed E-state index contributed by atoms with van der Waals surface area (Å²) in [4.78, 5) is 0. The molecular weight excluding hydrogens is 184 g/mol. The quantitative estimate of drug-likeness (QED) is 0.792. The van der Waals surface area contributed by atoms with Crippen LogP contribution >= 0.6 is 11.5 Å². The van der Waals surface area contributed by atoms with Crippen LogP contribution in [0.4, 0.5) is 0 Å². The molecule has 1 aromatic heterocycles. The monoisotopic (exact) mass is 194 g/mol. The van der Waals surface area contributed by atoms with Crippen molar-refractivity contribution in [2.24, 2.45) is 5.73 Å². The summed E-state index contributed by atoms with van der Waals surface area (Å²) in [5.41, 5.74) is 7.62. The molecule has 4 heteroatoms. The smallest absolute Gasteiger partial charge is 0.201 e. The minimum atomic E-state index is 0.518. The fourth-order valence-corrected chi connectivity index (χ4v) is 2.04. The van der Waals surface area contributed by atoms with E-state index >= 15 is 0 Å². The molecule has 0 amide bonds. The van der Waals surface area contributed by atoms with E-state index in [1.807, 2.05) is 18.2 Å². The number of methoxy groups -OCH3 is 1. The van der Waals surface area contributed by atoms with Gasteiger partial charge in [0.25, 0.3) is 0 Å².